The van der Waals surface area contributed by atoms with Crippen LogP contribution in [0.2, 0.25) is 0 Å². The van der Waals surface area contributed by atoms with Crippen molar-refractivity contribution < 1.29 is 18.3 Å². The molecule has 2 aromatic carbocycles. The van der Waals surface area contributed by atoms with Gasteiger partial charge < -0.3 is 5.11 Å². The smallest absolute Gasteiger partial charge is 0.335 e. The van der Waals surface area contributed by atoms with E-state index >= 15 is 0 Å². The van der Waals surface area contributed by atoms with E-state index in [-0.39, 0.29) is 10.5 Å². The molecule has 2 N–H and O–H groups in total. The summed E-state index contributed by atoms with van der Waals surface area (Å²) < 4.78 is 26.8. The number of benzene rings is 2. The molecule has 0 aliphatic heterocycles. The number of carboxylic acid groups (broad SMARTS) is 1. The third-order valence-corrected chi connectivity index (χ3v) is 4.93. The fourth-order valence-corrected chi connectivity index (χ4v) is 3.17. The van der Waals surface area contributed by atoms with E-state index in [4.69, 9.17) is 5.11 Å². The number of hydrogen-bond acceptors (Lipinski definition) is 3. The van der Waals surface area contributed by atoms with Crippen molar-refractivity contribution in [3.63, 3.8) is 0 Å². The van der Waals surface area contributed by atoms with Crippen LogP contribution in [0.4, 0.5) is 0 Å². The molecule has 0 saturated carbocycles. The second-order valence-corrected chi connectivity index (χ2v) is 6.93. The molecule has 0 fully saturated rings. The Morgan fingerprint density at radius 3 is 2.00 bits per heavy atom. The summed E-state index contributed by atoms with van der Waals surface area (Å²) in [5, 5.41) is 8.89. The van der Waals surface area contributed by atoms with E-state index in [1.165, 1.54) is 12.1 Å². The van der Waals surface area contributed by atoms with Crippen LogP contribution in [0.15, 0.2) is 53.4 Å². The molecule has 0 saturated heterocycles. The summed E-state index contributed by atoms with van der Waals surface area (Å²) in [7, 11) is -3.48. The average Bonchev–Trinajstić information content (AvgIpc) is 2.55. The first kappa shape index (κ1) is 17.2. The molecule has 2 rings (SSSR count). The van der Waals surface area contributed by atoms with Crippen LogP contribution in [0.25, 0.3) is 11.1 Å². The number of carbonyl (C=O) groups is 1. The quantitative estimate of drug-likeness (QED) is 0.763. The normalized spacial score (nSPS) is 11.3. The second kappa shape index (κ2) is 7.39. The number of sulfonamides is 1. The van der Waals surface area contributed by atoms with Crippen LogP contribution in [-0.2, 0) is 10.0 Å². The van der Waals surface area contributed by atoms with Crippen LogP contribution in [0, 0.1) is 0 Å². The average molecular weight is 333 g/mol. The lowest BCUT2D eigenvalue weighted by Gasteiger charge is -2.07. The van der Waals surface area contributed by atoms with Crippen LogP contribution in [0.3, 0.4) is 0 Å². The summed E-state index contributed by atoms with van der Waals surface area (Å²) in [4.78, 5) is 11.1. The summed E-state index contributed by atoms with van der Waals surface area (Å²) in [5.74, 6) is -0.976. The van der Waals surface area contributed by atoms with E-state index in [1.54, 1.807) is 36.4 Å². The Balaban J connectivity index is 2.17. The van der Waals surface area contributed by atoms with Gasteiger partial charge in [0.15, 0.2) is 0 Å². The monoisotopic (exact) mass is 333 g/mol. The maximum atomic E-state index is 12.1. The highest BCUT2D eigenvalue weighted by atomic mass is 32.2. The predicted molar refractivity (Wildman–Crippen MR) is 88.9 cm³/mol. The van der Waals surface area contributed by atoms with Crippen molar-refractivity contribution in [1.29, 1.82) is 0 Å². The van der Waals surface area contributed by atoms with Crippen LogP contribution in [0.5, 0.6) is 0 Å². The van der Waals surface area contributed by atoms with Gasteiger partial charge in [-0.1, -0.05) is 37.6 Å². The van der Waals surface area contributed by atoms with Gasteiger partial charge in [0.25, 0.3) is 0 Å². The molecule has 6 heteroatoms. The van der Waals surface area contributed by atoms with E-state index in [9.17, 15) is 13.2 Å². The molecule has 0 atom stereocenters. The van der Waals surface area contributed by atoms with E-state index in [0.29, 0.717) is 6.54 Å². The lowest BCUT2D eigenvalue weighted by molar-refractivity contribution is 0.0697. The fraction of sp³-hybridized carbons (Fsp3) is 0.235. The van der Waals surface area contributed by atoms with Crippen molar-refractivity contribution in [1.82, 2.24) is 4.72 Å². The topological polar surface area (TPSA) is 83.5 Å². The van der Waals surface area contributed by atoms with E-state index in [1.807, 2.05) is 6.92 Å². The van der Waals surface area contributed by atoms with Gasteiger partial charge in [0, 0.05) is 6.54 Å². The van der Waals surface area contributed by atoms with Crippen LogP contribution in [-0.4, -0.2) is 26.0 Å². The summed E-state index contributed by atoms with van der Waals surface area (Å²) in [6.07, 6.45) is 1.72. The largest absolute Gasteiger partial charge is 0.478 e. The third kappa shape index (κ3) is 4.40. The lowest BCUT2D eigenvalue weighted by Crippen LogP contribution is -2.24. The minimum atomic E-state index is -3.48. The van der Waals surface area contributed by atoms with Gasteiger partial charge in [-0.15, -0.1) is 0 Å². The molecule has 0 aliphatic rings. The Hall–Kier alpha value is -2.18. The van der Waals surface area contributed by atoms with Crippen molar-refractivity contribution in [3.8, 4) is 11.1 Å². The number of hydrogen-bond donors (Lipinski definition) is 2. The van der Waals surface area contributed by atoms with Gasteiger partial charge in [-0.2, -0.15) is 0 Å². The molecule has 0 aromatic heterocycles. The van der Waals surface area contributed by atoms with Gasteiger partial charge >= 0.3 is 5.97 Å². The third-order valence-electron chi connectivity index (χ3n) is 3.45. The molecule has 0 spiro atoms. The number of rotatable bonds is 7. The van der Waals surface area contributed by atoms with Gasteiger partial charge in [-0.3, -0.25) is 0 Å². The first-order valence-corrected chi connectivity index (χ1v) is 8.86. The molecule has 5 nitrogen and oxygen atoms in total. The zero-order valence-corrected chi connectivity index (χ0v) is 13.6. The van der Waals surface area contributed by atoms with Crippen molar-refractivity contribution in [2.75, 3.05) is 6.54 Å². The Labute approximate surface area is 136 Å². The predicted octanol–water partition coefficient (Wildman–Crippen LogP) is 3.13. The second-order valence-electron chi connectivity index (χ2n) is 5.16. The summed E-state index contributed by atoms with van der Waals surface area (Å²) in [6.45, 7) is 2.43. The SMILES string of the molecule is CCCCNS(=O)(=O)c1ccc(-c2ccc(C(=O)O)cc2)cc1. The molecule has 0 amide bonds. The number of aromatic carboxylic acids is 1. The maximum Gasteiger partial charge on any atom is 0.335 e. The van der Waals surface area contributed by atoms with Crippen molar-refractivity contribution in [2.24, 2.45) is 0 Å². The molecule has 2 aromatic rings. The molecule has 0 heterocycles. The lowest BCUT2D eigenvalue weighted by atomic mass is 10.0. The fourth-order valence-electron chi connectivity index (χ4n) is 2.10. The summed E-state index contributed by atoms with van der Waals surface area (Å²) in [5.41, 5.74) is 1.88. The minimum absolute atomic E-state index is 0.216. The number of carboxylic acids is 1. The van der Waals surface area contributed by atoms with Crippen LogP contribution < -0.4 is 4.72 Å². The van der Waals surface area contributed by atoms with Crippen LogP contribution >= 0.6 is 0 Å². The Kier molecular flexibility index (Phi) is 5.52. The standard InChI is InChI=1S/C17H19NO4S/c1-2-3-12-18-23(21,22)16-10-8-14(9-11-16)13-4-6-15(7-5-13)17(19)20/h4-11,18H,2-3,12H2,1H3,(H,19,20). The van der Waals surface area contributed by atoms with Crippen molar-refractivity contribution >= 4 is 16.0 Å². The first-order chi connectivity index (χ1) is 10.9. The molecular formula is C17H19NO4S. The molecule has 0 radical (unpaired) electrons. The molecule has 23 heavy (non-hydrogen) atoms. The van der Waals surface area contributed by atoms with E-state index in [2.05, 4.69) is 4.72 Å². The van der Waals surface area contributed by atoms with Gasteiger partial charge in [-0.05, 0) is 41.8 Å². The van der Waals surface area contributed by atoms with Gasteiger partial charge in [0.2, 0.25) is 10.0 Å². The minimum Gasteiger partial charge on any atom is -0.478 e. The van der Waals surface area contributed by atoms with Crippen molar-refractivity contribution in [3.05, 3.63) is 54.1 Å². The Morgan fingerprint density at radius 2 is 1.52 bits per heavy atom. The molecular weight excluding hydrogens is 314 g/mol. The molecule has 0 unspecified atom stereocenters. The molecule has 122 valence electrons. The van der Waals surface area contributed by atoms with Gasteiger partial charge in [-0.25, -0.2) is 17.9 Å². The number of unbranched alkanes of at least 4 members (excludes halogenated alkanes) is 1. The molecule has 0 aliphatic carbocycles. The van der Waals surface area contributed by atoms with Gasteiger partial charge in [0.05, 0.1) is 10.5 Å². The first-order valence-electron chi connectivity index (χ1n) is 7.37. The highest BCUT2D eigenvalue weighted by molar-refractivity contribution is 7.89. The Morgan fingerprint density at radius 1 is 1.00 bits per heavy atom. The zero-order valence-electron chi connectivity index (χ0n) is 12.8. The Bertz CT molecular complexity index is 765. The molecule has 0 bridgehead atoms. The summed E-state index contributed by atoms with van der Waals surface area (Å²) >= 11 is 0. The highest BCUT2D eigenvalue weighted by Crippen LogP contribution is 2.22. The van der Waals surface area contributed by atoms with Gasteiger partial charge in [0.1, 0.15) is 0 Å². The highest BCUT2D eigenvalue weighted by Gasteiger charge is 2.13. The van der Waals surface area contributed by atoms with E-state index < -0.39 is 16.0 Å². The summed E-state index contributed by atoms with van der Waals surface area (Å²) in [6, 6.07) is 13.0. The number of nitrogens with one attached hydrogen (secondary N) is 1. The van der Waals surface area contributed by atoms with E-state index in [0.717, 1.165) is 24.0 Å². The zero-order chi connectivity index (χ0) is 16.9. The van der Waals surface area contributed by atoms with Crippen LogP contribution in [0.1, 0.15) is 30.1 Å². The van der Waals surface area contributed by atoms with Crippen molar-refractivity contribution in [2.45, 2.75) is 24.7 Å². The maximum absolute atomic E-state index is 12.1.